The van der Waals surface area contributed by atoms with Gasteiger partial charge in [-0.2, -0.15) is 0 Å². The van der Waals surface area contributed by atoms with Crippen LogP contribution in [0.25, 0.3) is 0 Å². The molecule has 0 fully saturated rings. The van der Waals surface area contributed by atoms with Crippen LogP contribution in [0.15, 0.2) is 78.9 Å². The van der Waals surface area contributed by atoms with Gasteiger partial charge >= 0.3 is 0 Å². The quantitative estimate of drug-likeness (QED) is 0.612. The van der Waals surface area contributed by atoms with Crippen LogP contribution in [0.3, 0.4) is 0 Å². The summed E-state index contributed by atoms with van der Waals surface area (Å²) in [5.74, 6) is 1.61. The highest BCUT2D eigenvalue weighted by molar-refractivity contribution is 5.91. The molecule has 4 rings (SSSR count). The summed E-state index contributed by atoms with van der Waals surface area (Å²) in [7, 11) is 0. The normalized spacial score (nSPS) is 15.1. The molecule has 0 bridgehead atoms. The number of carbonyl (C=O) groups excluding carboxylic acids is 1. The van der Waals surface area contributed by atoms with E-state index in [-0.39, 0.29) is 11.9 Å². The fourth-order valence-corrected chi connectivity index (χ4v) is 3.68. The zero-order chi connectivity index (χ0) is 20.8. The van der Waals surface area contributed by atoms with Gasteiger partial charge in [0.2, 0.25) is 5.91 Å². The molecule has 1 atom stereocenters. The highest BCUT2D eigenvalue weighted by atomic mass is 16.5. The number of amides is 1. The minimum atomic E-state index is -0.0530. The Labute approximate surface area is 177 Å². The number of nitrogens with zero attached hydrogens (tertiary/aromatic N) is 1. The van der Waals surface area contributed by atoms with Crippen molar-refractivity contribution in [3.8, 4) is 11.5 Å². The number of nitrogens with one attached hydrogen (secondary N) is 1. The Bertz CT molecular complexity index is 973. The predicted octanol–water partition coefficient (Wildman–Crippen LogP) is 4.88. The van der Waals surface area contributed by atoms with Gasteiger partial charge in [-0.15, -0.1) is 0 Å². The zero-order valence-electron chi connectivity index (χ0n) is 17.1. The topological polar surface area (TPSA) is 50.8 Å². The maximum absolute atomic E-state index is 12.8. The summed E-state index contributed by atoms with van der Waals surface area (Å²) in [5, 5.41) is 2.99. The molecule has 1 aliphatic heterocycles. The molecular formula is C25H26N2O3. The van der Waals surface area contributed by atoms with Gasteiger partial charge in [0, 0.05) is 12.2 Å². The summed E-state index contributed by atoms with van der Waals surface area (Å²) in [6.07, 6.45) is 0.342. The van der Waals surface area contributed by atoms with Crippen molar-refractivity contribution in [3.05, 3.63) is 84.4 Å². The van der Waals surface area contributed by atoms with Crippen LogP contribution in [0.4, 0.5) is 11.4 Å². The summed E-state index contributed by atoms with van der Waals surface area (Å²) in [4.78, 5) is 15.0. The summed E-state index contributed by atoms with van der Waals surface area (Å²) >= 11 is 0. The van der Waals surface area contributed by atoms with Crippen LogP contribution in [0.1, 0.15) is 18.9 Å². The molecule has 0 saturated heterocycles. The number of fused-ring (bicyclic) bond motifs is 1. The van der Waals surface area contributed by atoms with E-state index in [4.69, 9.17) is 9.47 Å². The number of carbonyl (C=O) groups is 1. The largest absolute Gasteiger partial charge is 0.494 e. The zero-order valence-corrected chi connectivity index (χ0v) is 17.1. The Balaban J connectivity index is 1.48. The van der Waals surface area contributed by atoms with Crippen LogP contribution in [-0.2, 0) is 11.3 Å². The number of anilines is 2. The van der Waals surface area contributed by atoms with Crippen LogP contribution in [0.2, 0.25) is 0 Å². The Morgan fingerprint density at radius 2 is 1.77 bits per heavy atom. The van der Waals surface area contributed by atoms with E-state index in [1.807, 2.05) is 67.6 Å². The van der Waals surface area contributed by atoms with E-state index in [0.29, 0.717) is 19.6 Å². The summed E-state index contributed by atoms with van der Waals surface area (Å²) in [6, 6.07) is 25.7. The third-order valence-corrected chi connectivity index (χ3v) is 5.11. The van der Waals surface area contributed by atoms with Crippen molar-refractivity contribution in [1.82, 2.24) is 0 Å². The molecule has 154 valence electrons. The smallest absolute Gasteiger partial charge is 0.226 e. The number of ether oxygens (including phenoxy) is 2. The van der Waals surface area contributed by atoms with Crippen molar-refractivity contribution in [2.45, 2.75) is 25.9 Å². The SMILES string of the molecule is CCOc1ccc(NC(=O)CC2COc3ccccc3N2Cc2ccccc2)cc1. The Hall–Kier alpha value is -3.47. The number of benzene rings is 3. The molecule has 0 radical (unpaired) electrons. The van der Waals surface area contributed by atoms with E-state index in [2.05, 4.69) is 28.4 Å². The molecule has 3 aromatic carbocycles. The van der Waals surface area contributed by atoms with E-state index in [0.717, 1.165) is 29.4 Å². The average Bonchev–Trinajstić information content (AvgIpc) is 2.77. The molecule has 30 heavy (non-hydrogen) atoms. The Morgan fingerprint density at radius 3 is 2.53 bits per heavy atom. The minimum Gasteiger partial charge on any atom is -0.494 e. The number of rotatable bonds is 7. The maximum atomic E-state index is 12.8. The van der Waals surface area contributed by atoms with Gasteiger partial charge in [-0.25, -0.2) is 0 Å². The molecule has 0 saturated carbocycles. The van der Waals surface area contributed by atoms with Crippen molar-refractivity contribution in [2.24, 2.45) is 0 Å². The number of para-hydroxylation sites is 2. The third-order valence-electron chi connectivity index (χ3n) is 5.11. The van der Waals surface area contributed by atoms with Crippen molar-refractivity contribution in [1.29, 1.82) is 0 Å². The molecular weight excluding hydrogens is 376 g/mol. The predicted molar refractivity (Wildman–Crippen MR) is 119 cm³/mol. The van der Waals surface area contributed by atoms with E-state index in [9.17, 15) is 4.79 Å². The first kappa shape index (κ1) is 19.8. The lowest BCUT2D eigenvalue weighted by molar-refractivity contribution is -0.116. The highest BCUT2D eigenvalue weighted by Crippen LogP contribution is 2.35. The van der Waals surface area contributed by atoms with Crippen molar-refractivity contribution < 1.29 is 14.3 Å². The lowest BCUT2D eigenvalue weighted by Crippen LogP contribution is -2.44. The first-order valence-corrected chi connectivity index (χ1v) is 10.3. The first-order chi connectivity index (χ1) is 14.7. The fourth-order valence-electron chi connectivity index (χ4n) is 3.68. The van der Waals surface area contributed by atoms with Crippen LogP contribution in [-0.4, -0.2) is 25.2 Å². The summed E-state index contributed by atoms with van der Waals surface area (Å²) in [6.45, 7) is 3.76. The Morgan fingerprint density at radius 1 is 1.03 bits per heavy atom. The number of hydrogen-bond donors (Lipinski definition) is 1. The first-order valence-electron chi connectivity index (χ1n) is 10.3. The second kappa shape index (κ2) is 9.35. The van der Waals surface area contributed by atoms with Crippen LogP contribution in [0, 0.1) is 0 Å². The molecule has 5 nitrogen and oxygen atoms in total. The van der Waals surface area contributed by atoms with Gasteiger partial charge in [0.1, 0.15) is 18.1 Å². The van der Waals surface area contributed by atoms with Gasteiger partial charge in [-0.05, 0) is 48.9 Å². The van der Waals surface area contributed by atoms with Crippen LogP contribution >= 0.6 is 0 Å². The molecule has 1 aliphatic rings. The minimum absolute atomic E-state index is 0.0368. The van der Waals surface area contributed by atoms with Crippen molar-refractivity contribution >= 4 is 17.3 Å². The van der Waals surface area contributed by atoms with Crippen LogP contribution in [0.5, 0.6) is 11.5 Å². The van der Waals surface area contributed by atoms with E-state index >= 15 is 0 Å². The molecule has 1 N–H and O–H groups in total. The van der Waals surface area contributed by atoms with Crippen molar-refractivity contribution in [3.63, 3.8) is 0 Å². The maximum Gasteiger partial charge on any atom is 0.226 e. The third kappa shape index (κ3) is 4.74. The van der Waals surface area contributed by atoms with Gasteiger partial charge in [0.05, 0.1) is 24.8 Å². The second-order valence-corrected chi connectivity index (χ2v) is 7.26. The van der Waals surface area contributed by atoms with Gasteiger partial charge < -0.3 is 19.7 Å². The summed E-state index contributed by atoms with van der Waals surface area (Å²) in [5.41, 5.74) is 2.98. The molecule has 3 aromatic rings. The van der Waals surface area contributed by atoms with Gasteiger partial charge in [-0.3, -0.25) is 4.79 Å². The van der Waals surface area contributed by atoms with Crippen molar-refractivity contribution in [2.75, 3.05) is 23.4 Å². The van der Waals surface area contributed by atoms with E-state index < -0.39 is 0 Å². The second-order valence-electron chi connectivity index (χ2n) is 7.26. The molecule has 1 heterocycles. The molecule has 1 unspecified atom stereocenters. The van der Waals surface area contributed by atoms with E-state index in [1.165, 1.54) is 5.56 Å². The molecule has 0 aromatic heterocycles. The molecule has 5 heteroatoms. The van der Waals surface area contributed by atoms with Gasteiger partial charge in [0.25, 0.3) is 0 Å². The highest BCUT2D eigenvalue weighted by Gasteiger charge is 2.29. The standard InChI is InChI=1S/C25H26N2O3/c1-2-29-22-14-12-20(13-15-22)26-25(28)16-21-18-30-24-11-7-6-10-23(24)27(21)17-19-8-4-3-5-9-19/h3-15,21H,2,16-18H2,1H3,(H,26,28). The summed E-state index contributed by atoms with van der Waals surface area (Å²) < 4.78 is 11.4. The lowest BCUT2D eigenvalue weighted by Gasteiger charge is -2.38. The Kier molecular flexibility index (Phi) is 6.18. The average molecular weight is 402 g/mol. The molecule has 1 amide bonds. The van der Waals surface area contributed by atoms with E-state index in [1.54, 1.807) is 0 Å². The monoisotopic (exact) mass is 402 g/mol. The molecule has 0 aliphatic carbocycles. The fraction of sp³-hybridized carbons (Fsp3) is 0.240. The molecule has 0 spiro atoms. The lowest BCUT2D eigenvalue weighted by atomic mass is 10.1. The van der Waals surface area contributed by atoms with Gasteiger partial charge in [-0.1, -0.05) is 42.5 Å². The van der Waals surface area contributed by atoms with Crippen LogP contribution < -0.4 is 19.7 Å². The number of hydrogen-bond acceptors (Lipinski definition) is 4. The van der Waals surface area contributed by atoms with Gasteiger partial charge in [0.15, 0.2) is 0 Å².